The van der Waals surface area contributed by atoms with Crippen LogP contribution in [0, 0.1) is 0 Å². The summed E-state index contributed by atoms with van der Waals surface area (Å²) in [6.45, 7) is 0.184. The SMILES string of the molecule is CS(=O)(=O)Nc1cccc(CNC(=O)CC(NC(N)=O)c2ccccc2Cl)c1. The molecule has 0 aliphatic rings. The van der Waals surface area contributed by atoms with Crippen molar-refractivity contribution >= 4 is 39.2 Å². The van der Waals surface area contributed by atoms with E-state index in [0.29, 0.717) is 21.8 Å². The number of urea groups is 1. The lowest BCUT2D eigenvalue weighted by molar-refractivity contribution is -0.121. The number of halogens is 1. The second-order valence-corrected chi connectivity index (χ2v) is 8.29. The fourth-order valence-electron chi connectivity index (χ4n) is 2.59. The van der Waals surface area contributed by atoms with Gasteiger partial charge in [-0.25, -0.2) is 13.2 Å². The Bertz CT molecular complexity index is 966. The molecule has 0 aliphatic carbocycles. The number of rotatable bonds is 8. The van der Waals surface area contributed by atoms with E-state index in [-0.39, 0.29) is 18.9 Å². The first-order valence-electron chi connectivity index (χ1n) is 8.28. The minimum atomic E-state index is -3.39. The molecule has 0 heterocycles. The molecule has 2 aromatic carbocycles. The zero-order valence-corrected chi connectivity index (χ0v) is 16.7. The van der Waals surface area contributed by atoms with Gasteiger partial charge in [-0.15, -0.1) is 0 Å². The first kappa shape index (κ1) is 21.5. The van der Waals surface area contributed by atoms with Crippen LogP contribution in [0.15, 0.2) is 48.5 Å². The van der Waals surface area contributed by atoms with E-state index in [1.807, 2.05) is 0 Å². The van der Waals surface area contributed by atoms with Gasteiger partial charge >= 0.3 is 6.03 Å². The number of hydrogen-bond donors (Lipinski definition) is 4. The van der Waals surface area contributed by atoms with Gasteiger partial charge in [-0.2, -0.15) is 0 Å². The van der Waals surface area contributed by atoms with Crippen LogP contribution in [0.2, 0.25) is 5.02 Å². The summed E-state index contributed by atoms with van der Waals surface area (Å²) >= 11 is 6.15. The van der Waals surface area contributed by atoms with Crippen molar-refractivity contribution in [3.8, 4) is 0 Å². The third kappa shape index (κ3) is 7.09. The highest BCUT2D eigenvalue weighted by atomic mass is 35.5. The quantitative estimate of drug-likeness (QED) is 0.517. The first-order chi connectivity index (χ1) is 13.1. The average molecular weight is 425 g/mol. The number of carbonyl (C=O) groups is 2. The summed E-state index contributed by atoms with van der Waals surface area (Å²) < 4.78 is 25.0. The van der Waals surface area contributed by atoms with Crippen molar-refractivity contribution in [2.45, 2.75) is 19.0 Å². The van der Waals surface area contributed by atoms with Gasteiger partial charge < -0.3 is 16.4 Å². The molecular formula is C18H21ClN4O4S. The highest BCUT2D eigenvalue weighted by molar-refractivity contribution is 7.92. The van der Waals surface area contributed by atoms with E-state index in [4.69, 9.17) is 17.3 Å². The van der Waals surface area contributed by atoms with Crippen LogP contribution in [0.3, 0.4) is 0 Å². The topological polar surface area (TPSA) is 130 Å². The minimum Gasteiger partial charge on any atom is -0.352 e. The fourth-order valence-corrected chi connectivity index (χ4v) is 3.41. The van der Waals surface area contributed by atoms with Crippen molar-refractivity contribution in [1.82, 2.24) is 10.6 Å². The van der Waals surface area contributed by atoms with Crippen LogP contribution in [0.5, 0.6) is 0 Å². The molecule has 1 unspecified atom stereocenters. The van der Waals surface area contributed by atoms with Gasteiger partial charge in [0.05, 0.1) is 18.7 Å². The molecule has 0 fully saturated rings. The summed E-state index contributed by atoms with van der Waals surface area (Å²) in [5.41, 5.74) is 6.90. The number of primary amides is 1. The largest absolute Gasteiger partial charge is 0.352 e. The Kier molecular flexibility index (Phi) is 7.24. The molecule has 0 aromatic heterocycles. The molecule has 2 aromatic rings. The summed E-state index contributed by atoms with van der Waals surface area (Å²) in [5, 5.41) is 5.66. The monoisotopic (exact) mass is 424 g/mol. The van der Waals surface area contributed by atoms with Gasteiger partial charge in [-0.1, -0.05) is 41.9 Å². The molecule has 5 N–H and O–H groups in total. The van der Waals surface area contributed by atoms with Crippen molar-refractivity contribution < 1.29 is 18.0 Å². The van der Waals surface area contributed by atoms with Gasteiger partial charge in [0.25, 0.3) is 0 Å². The lowest BCUT2D eigenvalue weighted by Gasteiger charge is -2.19. The van der Waals surface area contributed by atoms with Gasteiger partial charge in [0.1, 0.15) is 0 Å². The number of sulfonamides is 1. The Balaban J connectivity index is 2.02. The van der Waals surface area contributed by atoms with Crippen molar-refractivity contribution in [1.29, 1.82) is 0 Å². The lowest BCUT2D eigenvalue weighted by Crippen LogP contribution is -2.36. The molecule has 2 rings (SSSR count). The number of amides is 3. The molecule has 0 aliphatic heterocycles. The van der Waals surface area contributed by atoms with E-state index >= 15 is 0 Å². The van der Waals surface area contributed by atoms with Gasteiger partial charge in [0, 0.05) is 17.3 Å². The highest BCUT2D eigenvalue weighted by Gasteiger charge is 2.19. The van der Waals surface area contributed by atoms with Crippen molar-refractivity contribution in [2.24, 2.45) is 5.73 Å². The molecule has 3 amide bonds. The van der Waals surface area contributed by atoms with Gasteiger partial charge in [-0.3, -0.25) is 9.52 Å². The summed E-state index contributed by atoms with van der Waals surface area (Å²) in [6.07, 6.45) is 0.996. The average Bonchev–Trinajstić information content (AvgIpc) is 2.58. The van der Waals surface area contributed by atoms with Crippen LogP contribution in [-0.2, 0) is 21.4 Å². The standard InChI is InChI=1S/C18H21ClN4O4S/c1-28(26,27)23-13-6-4-5-12(9-13)11-21-17(24)10-16(22-18(20)25)14-7-2-3-8-15(14)19/h2-9,16,23H,10-11H2,1H3,(H,21,24)(H3,20,22,25). The van der Waals surface area contributed by atoms with Crippen LogP contribution in [0.4, 0.5) is 10.5 Å². The Morgan fingerprint density at radius 1 is 1.14 bits per heavy atom. The Morgan fingerprint density at radius 2 is 1.86 bits per heavy atom. The number of benzene rings is 2. The van der Waals surface area contributed by atoms with E-state index in [2.05, 4.69) is 15.4 Å². The predicted molar refractivity (Wildman–Crippen MR) is 108 cm³/mol. The predicted octanol–water partition coefficient (Wildman–Crippen LogP) is 2.13. The number of hydrogen-bond acceptors (Lipinski definition) is 4. The van der Waals surface area contributed by atoms with E-state index in [0.717, 1.165) is 6.26 Å². The van der Waals surface area contributed by atoms with Gasteiger partial charge in [-0.05, 0) is 29.3 Å². The Morgan fingerprint density at radius 3 is 2.50 bits per heavy atom. The number of nitrogens with two attached hydrogens (primary N) is 1. The number of anilines is 1. The molecule has 28 heavy (non-hydrogen) atoms. The summed E-state index contributed by atoms with van der Waals surface area (Å²) in [4.78, 5) is 23.6. The van der Waals surface area contributed by atoms with E-state index in [1.165, 1.54) is 0 Å². The summed E-state index contributed by atoms with van der Waals surface area (Å²) in [5.74, 6) is -0.333. The van der Waals surface area contributed by atoms with Crippen LogP contribution < -0.4 is 21.1 Å². The smallest absolute Gasteiger partial charge is 0.312 e. The van der Waals surface area contributed by atoms with Crippen molar-refractivity contribution in [3.05, 3.63) is 64.7 Å². The van der Waals surface area contributed by atoms with Crippen LogP contribution >= 0.6 is 11.6 Å². The molecular weight excluding hydrogens is 404 g/mol. The molecule has 0 radical (unpaired) electrons. The molecule has 0 saturated carbocycles. The molecule has 0 bridgehead atoms. The maximum atomic E-state index is 12.3. The number of nitrogens with one attached hydrogen (secondary N) is 3. The molecule has 0 spiro atoms. The number of carbonyl (C=O) groups excluding carboxylic acids is 2. The summed E-state index contributed by atoms with van der Waals surface area (Å²) in [7, 11) is -3.39. The maximum Gasteiger partial charge on any atom is 0.312 e. The maximum absolute atomic E-state index is 12.3. The van der Waals surface area contributed by atoms with E-state index in [9.17, 15) is 18.0 Å². The van der Waals surface area contributed by atoms with E-state index < -0.39 is 22.1 Å². The lowest BCUT2D eigenvalue weighted by atomic mass is 10.0. The molecule has 0 saturated heterocycles. The van der Waals surface area contributed by atoms with Crippen molar-refractivity contribution in [3.63, 3.8) is 0 Å². The first-order valence-corrected chi connectivity index (χ1v) is 10.5. The third-order valence-electron chi connectivity index (χ3n) is 3.71. The molecule has 8 nitrogen and oxygen atoms in total. The van der Waals surface area contributed by atoms with Gasteiger partial charge in [0.15, 0.2) is 0 Å². The zero-order chi connectivity index (χ0) is 20.7. The normalized spacial score (nSPS) is 12.1. The van der Waals surface area contributed by atoms with Gasteiger partial charge in [0.2, 0.25) is 15.9 Å². The van der Waals surface area contributed by atoms with Crippen LogP contribution in [0.25, 0.3) is 0 Å². The van der Waals surface area contributed by atoms with Crippen LogP contribution in [-0.4, -0.2) is 26.6 Å². The minimum absolute atomic E-state index is 0.0616. The molecule has 1 atom stereocenters. The van der Waals surface area contributed by atoms with Crippen molar-refractivity contribution in [2.75, 3.05) is 11.0 Å². The molecule has 150 valence electrons. The second kappa shape index (κ2) is 9.43. The fraction of sp³-hybridized carbons (Fsp3) is 0.222. The zero-order valence-electron chi connectivity index (χ0n) is 15.1. The third-order valence-corrected chi connectivity index (χ3v) is 4.66. The van der Waals surface area contributed by atoms with E-state index in [1.54, 1.807) is 48.5 Å². The highest BCUT2D eigenvalue weighted by Crippen LogP contribution is 2.25. The Hall–Kier alpha value is -2.78. The summed E-state index contributed by atoms with van der Waals surface area (Å²) in [6, 6.07) is 12.1. The Labute approximate surface area is 168 Å². The molecule has 10 heteroatoms. The second-order valence-electron chi connectivity index (χ2n) is 6.14. The van der Waals surface area contributed by atoms with Crippen LogP contribution in [0.1, 0.15) is 23.6 Å².